The summed E-state index contributed by atoms with van der Waals surface area (Å²) in [5.41, 5.74) is 1.94. The third kappa shape index (κ3) is 6.03. The molecule has 170 valence electrons. The lowest BCUT2D eigenvalue weighted by molar-refractivity contribution is -0.128. The Morgan fingerprint density at radius 2 is 2.03 bits per heavy atom. The van der Waals surface area contributed by atoms with E-state index in [9.17, 15) is 24.3 Å². The fraction of sp³-hybridized carbons (Fsp3) is 0.435. The van der Waals surface area contributed by atoms with Gasteiger partial charge in [0.15, 0.2) is 5.82 Å². The molecule has 1 saturated heterocycles. The Labute approximate surface area is 186 Å². The van der Waals surface area contributed by atoms with Crippen LogP contribution in [0, 0.1) is 0 Å². The van der Waals surface area contributed by atoms with Crippen LogP contribution in [-0.2, 0) is 27.2 Å². The van der Waals surface area contributed by atoms with E-state index in [4.69, 9.17) is 0 Å². The molecular formula is C23H28N4O5. The summed E-state index contributed by atoms with van der Waals surface area (Å²) in [6.45, 7) is 1.78. The van der Waals surface area contributed by atoms with E-state index in [-0.39, 0.29) is 29.7 Å². The molecule has 0 spiro atoms. The van der Waals surface area contributed by atoms with Crippen molar-refractivity contribution >= 4 is 23.9 Å². The van der Waals surface area contributed by atoms with Crippen molar-refractivity contribution in [1.29, 1.82) is 0 Å². The number of likely N-dealkylation sites (tertiary alicyclic amines) is 1. The molecule has 1 aliphatic rings. The zero-order chi connectivity index (χ0) is 23.1. The van der Waals surface area contributed by atoms with Crippen molar-refractivity contribution in [2.24, 2.45) is 0 Å². The van der Waals surface area contributed by atoms with Gasteiger partial charge in [0.1, 0.15) is 23.9 Å². The molecule has 3 N–H and O–H groups in total. The number of aryl methyl sites for hydroxylation is 2. The molecule has 32 heavy (non-hydrogen) atoms. The van der Waals surface area contributed by atoms with Gasteiger partial charge in [-0.05, 0) is 56.7 Å². The second-order valence-corrected chi connectivity index (χ2v) is 8.09. The largest absolute Gasteiger partial charge is 0.508 e. The molecule has 2 atom stereocenters. The monoisotopic (exact) mass is 440 g/mol. The number of nitrogens with zero attached hydrogens (tertiary/aromatic N) is 2. The Balaban J connectivity index is 1.56. The molecule has 1 aromatic heterocycles. The number of rotatable bonds is 10. The van der Waals surface area contributed by atoms with Crippen LogP contribution in [0.25, 0.3) is 0 Å². The Morgan fingerprint density at radius 3 is 2.72 bits per heavy atom. The number of H-pyrrole nitrogens is 1. The average molecular weight is 441 g/mol. The third-order valence-corrected chi connectivity index (χ3v) is 5.49. The third-order valence-electron chi connectivity index (χ3n) is 5.49. The number of carbonyl (C=O) groups is 4. The van der Waals surface area contributed by atoms with E-state index in [0.29, 0.717) is 32.1 Å². The number of aromatic amines is 1. The molecule has 9 heteroatoms. The van der Waals surface area contributed by atoms with Crippen LogP contribution in [0.5, 0.6) is 5.75 Å². The van der Waals surface area contributed by atoms with Gasteiger partial charge in [-0.15, -0.1) is 0 Å². The fourth-order valence-corrected chi connectivity index (χ4v) is 3.88. The van der Waals surface area contributed by atoms with Gasteiger partial charge in [-0.2, -0.15) is 0 Å². The van der Waals surface area contributed by atoms with Crippen molar-refractivity contribution in [2.75, 3.05) is 6.54 Å². The summed E-state index contributed by atoms with van der Waals surface area (Å²) >= 11 is 0. The molecule has 3 rings (SSSR count). The van der Waals surface area contributed by atoms with Gasteiger partial charge >= 0.3 is 0 Å². The number of aromatic hydroxyl groups is 1. The van der Waals surface area contributed by atoms with Gasteiger partial charge in [0.05, 0.1) is 6.04 Å². The van der Waals surface area contributed by atoms with Crippen molar-refractivity contribution in [3.63, 3.8) is 0 Å². The van der Waals surface area contributed by atoms with Crippen molar-refractivity contribution in [2.45, 2.75) is 57.5 Å². The van der Waals surface area contributed by atoms with E-state index in [1.165, 1.54) is 11.8 Å². The number of hydrogen-bond donors (Lipinski definition) is 3. The zero-order valence-electron chi connectivity index (χ0n) is 18.0. The van der Waals surface area contributed by atoms with Crippen molar-refractivity contribution < 1.29 is 24.3 Å². The minimum absolute atomic E-state index is 0.0679. The molecule has 0 aliphatic carbocycles. The van der Waals surface area contributed by atoms with Gasteiger partial charge < -0.3 is 25.1 Å². The van der Waals surface area contributed by atoms with E-state index in [0.717, 1.165) is 24.1 Å². The summed E-state index contributed by atoms with van der Waals surface area (Å²) in [5, 5.41) is 11.9. The van der Waals surface area contributed by atoms with Gasteiger partial charge in [-0.3, -0.25) is 14.4 Å². The molecule has 2 amide bonds. The first-order valence-corrected chi connectivity index (χ1v) is 10.7. The second-order valence-electron chi connectivity index (χ2n) is 8.09. The van der Waals surface area contributed by atoms with Crippen LogP contribution in [0.15, 0.2) is 30.5 Å². The normalized spacial score (nSPS) is 16.5. The quantitative estimate of drug-likeness (QED) is 0.480. The molecule has 0 unspecified atom stereocenters. The number of amides is 2. The number of phenolic OH excluding ortho intramolecular Hbond substituents is 1. The van der Waals surface area contributed by atoms with Crippen LogP contribution in [-0.4, -0.2) is 62.5 Å². The SMILES string of the molecule is CC(=O)C[C@@H](C=O)NC(=O)[C@@H]1CCCN1C(=O)c1ncc(CCCc2ccc(O)cc2)[nH]1. The fourth-order valence-electron chi connectivity index (χ4n) is 3.88. The molecule has 1 fully saturated rings. The van der Waals surface area contributed by atoms with E-state index in [1.54, 1.807) is 18.3 Å². The summed E-state index contributed by atoms with van der Waals surface area (Å²) in [5.74, 6) is -0.577. The predicted octanol–water partition coefficient (Wildman–Crippen LogP) is 1.56. The minimum atomic E-state index is -0.888. The van der Waals surface area contributed by atoms with Gasteiger partial charge in [0, 0.05) is 24.9 Å². The number of phenols is 1. The number of ketones is 1. The smallest absolute Gasteiger partial charge is 0.290 e. The standard InChI is InChI=1S/C23H28N4O5/c1-15(29)12-18(14-28)26-22(31)20-6-3-11-27(20)23(32)21-24-13-17(25-21)5-2-4-16-7-9-19(30)10-8-16/h7-10,13-14,18,20,30H,2-6,11-12H2,1H3,(H,24,25)(H,26,31)/t18-,20-/m0/s1. The van der Waals surface area contributed by atoms with Gasteiger partial charge in [-0.1, -0.05) is 12.1 Å². The Morgan fingerprint density at radius 1 is 1.28 bits per heavy atom. The molecule has 0 radical (unpaired) electrons. The summed E-state index contributed by atoms with van der Waals surface area (Å²) < 4.78 is 0. The van der Waals surface area contributed by atoms with E-state index in [2.05, 4.69) is 15.3 Å². The maximum atomic E-state index is 12.9. The Kier molecular flexibility index (Phi) is 7.75. The number of aromatic nitrogens is 2. The van der Waals surface area contributed by atoms with Crippen molar-refractivity contribution in [3.8, 4) is 5.75 Å². The topological polar surface area (TPSA) is 132 Å². The first kappa shape index (κ1) is 23.2. The summed E-state index contributed by atoms with van der Waals surface area (Å²) in [4.78, 5) is 56.7. The van der Waals surface area contributed by atoms with Crippen LogP contribution in [0.1, 0.15) is 54.5 Å². The second kappa shape index (κ2) is 10.7. The molecule has 1 aromatic carbocycles. The number of Topliss-reactive ketones (excluding diaryl/α,β-unsaturated/α-hetero) is 1. The number of benzene rings is 1. The number of imidazole rings is 1. The first-order chi connectivity index (χ1) is 15.4. The maximum absolute atomic E-state index is 12.9. The van der Waals surface area contributed by atoms with Gasteiger partial charge in [0.25, 0.3) is 5.91 Å². The van der Waals surface area contributed by atoms with Crippen LogP contribution in [0.4, 0.5) is 0 Å². The summed E-state index contributed by atoms with van der Waals surface area (Å²) in [6, 6.07) is 5.48. The summed E-state index contributed by atoms with van der Waals surface area (Å²) in [7, 11) is 0. The van der Waals surface area contributed by atoms with Crippen molar-refractivity contribution in [3.05, 3.63) is 47.5 Å². The highest BCUT2D eigenvalue weighted by Gasteiger charge is 2.36. The maximum Gasteiger partial charge on any atom is 0.290 e. The van der Waals surface area contributed by atoms with Crippen LogP contribution in [0.2, 0.25) is 0 Å². The van der Waals surface area contributed by atoms with E-state index < -0.39 is 18.0 Å². The first-order valence-electron chi connectivity index (χ1n) is 10.7. The lowest BCUT2D eigenvalue weighted by Crippen LogP contribution is -2.49. The Hall–Kier alpha value is -3.49. The highest BCUT2D eigenvalue weighted by Crippen LogP contribution is 2.20. The molecule has 9 nitrogen and oxygen atoms in total. The highest BCUT2D eigenvalue weighted by molar-refractivity contribution is 5.96. The van der Waals surface area contributed by atoms with Gasteiger partial charge in [0.2, 0.25) is 5.91 Å². The Bertz CT molecular complexity index is 969. The number of aldehydes is 1. The molecule has 0 bridgehead atoms. The van der Waals surface area contributed by atoms with Crippen LogP contribution < -0.4 is 5.32 Å². The molecule has 2 heterocycles. The predicted molar refractivity (Wildman–Crippen MR) is 116 cm³/mol. The summed E-state index contributed by atoms with van der Waals surface area (Å²) in [6.07, 6.45) is 5.64. The molecule has 0 saturated carbocycles. The highest BCUT2D eigenvalue weighted by atomic mass is 16.3. The van der Waals surface area contributed by atoms with Crippen molar-refractivity contribution in [1.82, 2.24) is 20.2 Å². The minimum Gasteiger partial charge on any atom is -0.508 e. The number of hydrogen-bond acceptors (Lipinski definition) is 6. The average Bonchev–Trinajstić information content (AvgIpc) is 3.44. The van der Waals surface area contributed by atoms with Crippen LogP contribution in [0.3, 0.4) is 0 Å². The van der Waals surface area contributed by atoms with E-state index in [1.807, 2.05) is 12.1 Å². The zero-order valence-corrected chi connectivity index (χ0v) is 18.0. The molecule has 1 aliphatic heterocycles. The van der Waals surface area contributed by atoms with E-state index >= 15 is 0 Å². The van der Waals surface area contributed by atoms with Crippen LogP contribution >= 0.6 is 0 Å². The van der Waals surface area contributed by atoms with Gasteiger partial charge in [-0.25, -0.2) is 4.98 Å². The molecule has 2 aromatic rings. The number of carbonyl (C=O) groups excluding carboxylic acids is 4. The lowest BCUT2D eigenvalue weighted by Gasteiger charge is -2.24. The molecular weight excluding hydrogens is 412 g/mol. The number of nitrogens with one attached hydrogen (secondary N) is 2. The lowest BCUT2D eigenvalue weighted by atomic mass is 10.1.